The summed E-state index contributed by atoms with van der Waals surface area (Å²) in [5, 5.41) is 6.15. The van der Waals surface area contributed by atoms with E-state index in [1.54, 1.807) is 11.3 Å². The minimum atomic E-state index is 0.582. The molecule has 1 heterocycles. The number of nitrogens with zero attached hydrogens (tertiary/aromatic N) is 1. The van der Waals surface area contributed by atoms with Gasteiger partial charge in [0, 0.05) is 18.0 Å². The number of thiazole rings is 1. The van der Waals surface area contributed by atoms with Gasteiger partial charge in [0.2, 0.25) is 0 Å². The third-order valence-electron chi connectivity index (χ3n) is 2.58. The zero-order valence-electron chi connectivity index (χ0n) is 9.82. The van der Waals surface area contributed by atoms with Gasteiger partial charge in [-0.2, -0.15) is 0 Å². The van der Waals surface area contributed by atoms with Gasteiger partial charge in [-0.3, -0.25) is 0 Å². The van der Waals surface area contributed by atoms with Gasteiger partial charge < -0.3 is 5.32 Å². The summed E-state index contributed by atoms with van der Waals surface area (Å²) in [7, 11) is 1.89. The molecule has 0 atom stereocenters. The third kappa shape index (κ3) is 2.25. The maximum absolute atomic E-state index is 4.48. The summed E-state index contributed by atoms with van der Waals surface area (Å²) in [4.78, 5) is 4.48. The minimum Gasteiger partial charge on any atom is -0.372 e. The fourth-order valence-electron chi connectivity index (χ4n) is 1.53. The van der Waals surface area contributed by atoms with E-state index in [1.807, 2.05) is 12.4 Å². The second-order valence-corrected chi connectivity index (χ2v) is 4.92. The molecule has 2 aromatic rings. The molecule has 2 nitrogen and oxygen atoms in total. The van der Waals surface area contributed by atoms with Gasteiger partial charge in [-0.25, -0.2) is 4.98 Å². The first-order valence-electron chi connectivity index (χ1n) is 5.44. The molecule has 84 valence electrons. The molecule has 1 aromatic heterocycles. The number of rotatable bonds is 3. The maximum Gasteiger partial charge on any atom is 0.137 e. The van der Waals surface area contributed by atoms with Gasteiger partial charge in [0.25, 0.3) is 0 Å². The highest BCUT2D eigenvalue weighted by molar-refractivity contribution is 7.13. The second-order valence-electron chi connectivity index (χ2n) is 4.06. The quantitative estimate of drug-likeness (QED) is 0.866. The van der Waals surface area contributed by atoms with E-state index in [-0.39, 0.29) is 0 Å². The van der Waals surface area contributed by atoms with E-state index in [2.05, 4.69) is 48.4 Å². The van der Waals surface area contributed by atoms with Crippen molar-refractivity contribution in [1.82, 2.24) is 4.98 Å². The van der Waals surface area contributed by atoms with Crippen LogP contribution in [0.25, 0.3) is 10.6 Å². The average molecular weight is 232 g/mol. The molecule has 0 bridgehead atoms. The Kier molecular flexibility index (Phi) is 3.25. The van der Waals surface area contributed by atoms with Gasteiger partial charge in [0.1, 0.15) is 10.8 Å². The smallest absolute Gasteiger partial charge is 0.137 e. The molecule has 16 heavy (non-hydrogen) atoms. The van der Waals surface area contributed by atoms with Crippen LogP contribution in [0.15, 0.2) is 29.6 Å². The third-order valence-corrected chi connectivity index (χ3v) is 3.48. The van der Waals surface area contributed by atoms with Crippen molar-refractivity contribution >= 4 is 17.2 Å². The Morgan fingerprint density at radius 3 is 2.38 bits per heavy atom. The first kappa shape index (κ1) is 11.1. The van der Waals surface area contributed by atoms with Gasteiger partial charge in [0.05, 0.1) is 0 Å². The highest BCUT2D eigenvalue weighted by Gasteiger charge is 2.04. The summed E-state index contributed by atoms with van der Waals surface area (Å²) in [5.41, 5.74) is 2.56. The van der Waals surface area contributed by atoms with Crippen molar-refractivity contribution in [2.75, 3.05) is 12.4 Å². The molecule has 1 N–H and O–H groups in total. The van der Waals surface area contributed by atoms with Gasteiger partial charge in [-0.05, 0) is 11.5 Å². The predicted octanol–water partition coefficient (Wildman–Crippen LogP) is 3.98. The largest absolute Gasteiger partial charge is 0.372 e. The number of hydrogen-bond donors (Lipinski definition) is 1. The molecular weight excluding hydrogens is 216 g/mol. The molecule has 0 saturated carbocycles. The summed E-state index contributed by atoms with van der Waals surface area (Å²) in [5.74, 6) is 1.52. The van der Waals surface area contributed by atoms with E-state index in [0.29, 0.717) is 5.92 Å². The standard InChI is InChI=1S/C13H16N2S/c1-9(2)10-4-6-11(7-5-10)13-15-12(14-3)8-16-13/h4-9,14H,1-3H3. The van der Waals surface area contributed by atoms with Crippen LogP contribution in [0.3, 0.4) is 0 Å². The Morgan fingerprint density at radius 2 is 1.88 bits per heavy atom. The second kappa shape index (κ2) is 4.66. The van der Waals surface area contributed by atoms with Crippen molar-refractivity contribution in [2.45, 2.75) is 19.8 Å². The molecule has 0 aliphatic carbocycles. The molecule has 0 unspecified atom stereocenters. The van der Waals surface area contributed by atoms with E-state index in [9.17, 15) is 0 Å². The topological polar surface area (TPSA) is 24.9 Å². The Labute approximate surface area is 100 Å². The lowest BCUT2D eigenvalue weighted by Crippen LogP contribution is -1.88. The van der Waals surface area contributed by atoms with Gasteiger partial charge >= 0.3 is 0 Å². The summed E-state index contributed by atoms with van der Waals surface area (Å²) in [6, 6.07) is 8.65. The Hall–Kier alpha value is -1.35. The summed E-state index contributed by atoms with van der Waals surface area (Å²) >= 11 is 1.67. The molecule has 0 aliphatic heterocycles. The predicted molar refractivity (Wildman–Crippen MR) is 71.2 cm³/mol. The van der Waals surface area contributed by atoms with Crippen LogP contribution in [0, 0.1) is 0 Å². The molecule has 0 radical (unpaired) electrons. The lowest BCUT2D eigenvalue weighted by atomic mass is 10.0. The van der Waals surface area contributed by atoms with E-state index in [0.717, 1.165) is 10.8 Å². The first-order chi connectivity index (χ1) is 7.70. The van der Waals surface area contributed by atoms with Crippen LogP contribution >= 0.6 is 11.3 Å². The Bertz CT molecular complexity index is 457. The summed E-state index contributed by atoms with van der Waals surface area (Å²) in [6.07, 6.45) is 0. The Balaban J connectivity index is 2.27. The van der Waals surface area contributed by atoms with Crippen LogP contribution in [0.5, 0.6) is 0 Å². The van der Waals surface area contributed by atoms with Crippen LogP contribution < -0.4 is 5.32 Å². The number of benzene rings is 1. The van der Waals surface area contributed by atoms with Gasteiger partial charge in [-0.1, -0.05) is 38.1 Å². The Morgan fingerprint density at radius 1 is 1.19 bits per heavy atom. The first-order valence-corrected chi connectivity index (χ1v) is 6.32. The number of aromatic nitrogens is 1. The van der Waals surface area contributed by atoms with E-state index < -0.39 is 0 Å². The van der Waals surface area contributed by atoms with Crippen molar-refractivity contribution in [3.05, 3.63) is 35.2 Å². The van der Waals surface area contributed by atoms with Crippen LogP contribution in [-0.2, 0) is 0 Å². The fourth-order valence-corrected chi connectivity index (χ4v) is 2.35. The van der Waals surface area contributed by atoms with Gasteiger partial charge in [-0.15, -0.1) is 11.3 Å². The fraction of sp³-hybridized carbons (Fsp3) is 0.308. The normalized spacial score (nSPS) is 10.8. The van der Waals surface area contributed by atoms with Crippen LogP contribution in [0.4, 0.5) is 5.82 Å². The van der Waals surface area contributed by atoms with E-state index >= 15 is 0 Å². The lowest BCUT2D eigenvalue weighted by Gasteiger charge is -2.05. The monoisotopic (exact) mass is 232 g/mol. The van der Waals surface area contributed by atoms with Crippen molar-refractivity contribution in [3.8, 4) is 10.6 Å². The van der Waals surface area contributed by atoms with Crippen molar-refractivity contribution in [3.63, 3.8) is 0 Å². The molecule has 0 fully saturated rings. The lowest BCUT2D eigenvalue weighted by molar-refractivity contribution is 0.867. The van der Waals surface area contributed by atoms with Crippen LogP contribution in [0.1, 0.15) is 25.3 Å². The molecule has 2 rings (SSSR count). The summed E-state index contributed by atoms with van der Waals surface area (Å²) < 4.78 is 0. The average Bonchev–Trinajstić information content (AvgIpc) is 2.77. The van der Waals surface area contributed by atoms with Crippen molar-refractivity contribution < 1.29 is 0 Å². The number of hydrogen-bond acceptors (Lipinski definition) is 3. The highest BCUT2D eigenvalue weighted by Crippen LogP contribution is 2.27. The number of anilines is 1. The molecule has 0 saturated heterocycles. The minimum absolute atomic E-state index is 0.582. The van der Waals surface area contributed by atoms with E-state index in [4.69, 9.17) is 0 Å². The summed E-state index contributed by atoms with van der Waals surface area (Å²) in [6.45, 7) is 4.41. The maximum atomic E-state index is 4.48. The van der Waals surface area contributed by atoms with Gasteiger partial charge in [0.15, 0.2) is 0 Å². The molecule has 1 aromatic carbocycles. The van der Waals surface area contributed by atoms with Crippen LogP contribution in [0.2, 0.25) is 0 Å². The zero-order valence-corrected chi connectivity index (χ0v) is 10.6. The molecule has 0 amide bonds. The van der Waals surface area contributed by atoms with Crippen LogP contribution in [-0.4, -0.2) is 12.0 Å². The highest BCUT2D eigenvalue weighted by atomic mass is 32.1. The molecule has 0 spiro atoms. The number of nitrogens with one attached hydrogen (secondary N) is 1. The molecule has 0 aliphatic rings. The van der Waals surface area contributed by atoms with Crippen molar-refractivity contribution in [2.24, 2.45) is 0 Å². The zero-order chi connectivity index (χ0) is 11.5. The molecule has 3 heteroatoms. The van der Waals surface area contributed by atoms with Crippen molar-refractivity contribution in [1.29, 1.82) is 0 Å². The van der Waals surface area contributed by atoms with E-state index in [1.165, 1.54) is 11.1 Å². The SMILES string of the molecule is CNc1csc(-c2ccc(C(C)C)cc2)n1. The molecular formula is C13H16N2S.